The number of likely N-dealkylation sites (tertiary alicyclic amines) is 1. The summed E-state index contributed by atoms with van der Waals surface area (Å²) >= 11 is 1.78. The summed E-state index contributed by atoms with van der Waals surface area (Å²) in [5.41, 5.74) is 6.08. The standard InChI is InChI=1S/C28H38N4S/c1-5-24-16-25(15-20(3)29-24)31-12-10-21(11-13-31)23-14-19(2)28-30-27(18-32(28)17-23)22-6-8-26(33-4)9-7-22/h6-9,14,17-18,20-21,24-25,29H,5,10-13,15-16H2,1-4H3. The Balaban J connectivity index is 1.30. The number of pyridine rings is 1. The van der Waals surface area contributed by atoms with Crippen LogP contribution in [0.2, 0.25) is 0 Å². The first-order valence-corrected chi connectivity index (χ1v) is 13.9. The molecule has 0 amide bonds. The Morgan fingerprint density at radius 1 is 1.09 bits per heavy atom. The lowest BCUT2D eigenvalue weighted by atomic mass is 9.86. The van der Waals surface area contributed by atoms with Crippen molar-refractivity contribution in [2.24, 2.45) is 0 Å². The second kappa shape index (κ2) is 9.81. The predicted octanol–water partition coefficient (Wildman–Crippen LogP) is 6.13. The summed E-state index contributed by atoms with van der Waals surface area (Å²) in [4.78, 5) is 9.04. The van der Waals surface area contributed by atoms with E-state index in [0.29, 0.717) is 18.0 Å². The van der Waals surface area contributed by atoms with E-state index in [4.69, 9.17) is 4.98 Å². The van der Waals surface area contributed by atoms with Crippen molar-refractivity contribution in [3.63, 3.8) is 0 Å². The van der Waals surface area contributed by atoms with Crippen molar-refractivity contribution < 1.29 is 0 Å². The van der Waals surface area contributed by atoms with Gasteiger partial charge in [-0.3, -0.25) is 0 Å². The van der Waals surface area contributed by atoms with E-state index in [1.807, 2.05) is 0 Å². The largest absolute Gasteiger partial charge is 0.311 e. The number of hydrogen-bond acceptors (Lipinski definition) is 4. The van der Waals surface area contributed by atoms with Crippen LogP contribution in [0.4, 0.5) is 0 Å². The molecule has 0 bridgehead atoms. The molecule has 3 atom stereocenters. The van der Waals surface area contributed by atoms with Crippen LogP contribution >= 0.6 is 11.8 Å². The Morgan fingerprint density at radius 2 is 1.85 bits per heavy atom. The molecular formula is C28H38N4S. The number of thioether (sulfide) groups is 1. The van der Waals surface area contributed by atoms with Crippen LogP contribution in [-0.4, -0.2) is 51.8 Å². The molecule has 5 heteroatoms. The molecule has 2 aromatic heterocycles. The normalized spacial score (nSPS) is 25.0. The highest BCUT2D eigenvalue weighted by atomic mass is 32.2. The first-order chi connectivity index (χ1) is 16.0. The van der Waals surface area contributed by atoms with Gasteiger partial charge in [0.05, 0.1) is 5.69 Å². The molecule has 1 N–H and O–H groups in total. The third kappa shape index (κ3) is 4.87. The number of aryl methyl sites for hydroxylation is 1. The van der Waals surface area contributed by atoms with Crippen LogP contribution in [-0.2, 0) is 0 Å². The third-order valence-corrected chi connectivity index (χ3v) is 8.60. The highest BCUT2D eigenvalue weighted by Gasteiger charge is 2.32. The van der Waals surface area contributed by atoms with E-state index in [1.165, 1.54) is 66.8 Å². The molecule has 2 aliphatic rings. The van der Waals surface area contributed by atoms with Crippen molar-refractivity contribution in [3.8, 4) is 11.3 Å². The van der Waals surface area contributed by atoms with E-state index in [2.05, 4.69) is 84.4 Å². The van der Waals surface area contributed by atoms with E-state index in [0.717, 1.165) is 17.4 Å². The molecule has 3 aromatic rings. The van der Waals surface area contributed by atoms with Crippen LogP contribution in [0.25, 0.3) is 16.9 Å². The fraction of sp³-hybridized carbons (Fsp3) is 0.536. The summed E-state index contributed by atoms with van der Waals surface area (Å²) in [5.74, 6) is 0.650. The molecule has 0 saturated carbocycles. The quantitative estimate of drug-likeness (QED) is 0.462. The first kappa shape index (κ1) is 22.9. The summed E-state index contributed by atoms with van der Waals surface area (Å²) in [7, 11) is 0. The van der Waals surface area contributed by atoms with Gasteiger partial charge in [-0.05, 0) is 94.5 Å². The average Bonchev–Trinajstić information content (AvgIpc) is 3.29. The number of benzene rings is 1. The Hall–Kier alpha value is -1.82. The minimum atomic E-state index is 0.642. The fourth-order valence-corrected chi connectivity index (χ4v) is 6.38. The Labute approximate surface area is 203 Å². The predicted molar refractivity (Wildman–Crippen MR) is 140 cm³/mol. The molecule has 0 aliphatic carbocycles. The molecule has 0 radical (unpaired) electrons. The molecule has 2 saturated heterocycles. The van der Waals surface area contributed by atoms with Crippen molar-refractivity contribution in [1.82, 2.24) is 19.6 Å². The molecule has 2 fully saturated rings. The first-order valence-electron chi connectivity index (χ1n) is 12.7. The zero-order chi connectivity index (χ0) is 22.9. The number of fused-ring (bicyclic) bond motifs is 1. The van der Waals surface area contributed by atoms with Crippen molar-refractivity contribution in [3.05, 3.63) is 53.9 Å². The van der Waals surface area contributed by atoms with Gasteiger partial charge in [0, 0.05) is 41.0 Å². The van der Waals surface area contributed by atoms with Gasteiger partial charge in [0.25, 0.3) is 0 Å². The number of rotatable bonds is 5. The second-order valence-electron chi connectivity index (χ2n) is 10.2. The minimum absolute atomic E-state index is 0.642. The van der Waals surface area contributed by atoms with E-state index < -0.39 is 0 Å². The van der Waals surface area contributed by atoms with Crippen LogP contribution < -0.4 is 5.32 Å². The van der Waals surface area contributed by atoms with Crippen LogP contribution in [0.3, 0.4) is 0 Å². The van der Waals surface area contributed by atoms with Crippen molar-refractivity contribution >= 4 is 17.4 Å². The number of imidazole rings is 1. The number of hydrogen-bond donors (Lipinski definition) is 1. The summed E-state index contributed by atoms with van der Waals surface area (Å²) in [6.07, 6.45) is 13.0. The molecule has 3 unspecified atom stereocenters. The Kier molecular flexibility index (Phi) is 6.82. The SMILES string of the molecule is CCC1CC(N2CCC(c3cc(C)c4nc(-c5ccc(SC)cc5)cn4c3)CC2)CC(C)N1. The van der Waals surface area contributed by atoms with Crippen molar-refractivity contribution in [1.29, 1.82) is 0 Å². The lowest BCUT2D eigenvalue weighted by Crippen LogP contribution is -2.53. The molecule has 4 heterocycles. The smallest absolute Gasteiger partial charge is 0.140 e. The zero-order valence-corrected chi connectivity index (χ0v) is 21.4. The van der Waals surface area contributed by atoms with Crippen molar-refractivity contribution in [2.45, 2.75) is 81.8 Å². The fourth-order valence-electron chi connectivity index (χ4n) is 5.97. The Bertz CT molecular complexity index is 1080. The van der Waals surface area contributed by atoms with Crippen LogP contribution in [0.1, 0.15) is 63.0 Å². The number of nitrogens with zero attached hydrogens (tertiary/aromatic N) is 3. The van der Waals surface area contributed by atoms with Crippen molar-refractivity contribution in [2.75, 3.05) is 19.3 Å². The van der Waals surface area contributed by atoms with E-state index in [1.54, 1.807) is 11.8 Å². The summed E-state index contributed by atoms with van der Waals surface area (Å²) in [5, 5.41) is 3.78. The second-order valence-corrected chi connectivity index (χ2v) is 11.0. The maximum absolute atomic E-state index is 4.96. The van der Waals surface area contributed by atoms with Crippen LogP contribution in [0.5, 0.6) is 0 Å². The average molecular weight is 463 g/mol. The van der Waals surface area contributed by atoms with Gasteiger partial charge in [0.15, 0.2) is 0 Å². The molecule has 176 valence electrons. The van der Waals surface area contributed by atoms with Gasteiger partial charge < -0.3 is 14.6 Å². The van der Waals surface area contributed by atoms with E-state index in [9.17, 15) is 0 Å². The van der Waals surface area contributed by atoms with Crippen LogP contribution in [0.15, 0.2) is 47.6 Å². The lowest BCUT2D eigenvalue weighted by molar-refractivity contribution is 0.0983. The van der Waals surface area contributed by atoms with Crippen LogP contribution in [0, 0.1) is 6.92 Å². The highest BCUT2D eigenvalue weighted by Crippen LogP contribution is 2.33. The van der Waals surface area contributed by atoms with E-state index in [-0.39, 0.29) is 0 Å². The maximum Gasteiger partial charge on any atom is 0.140 e. The molecule has 4 nitrogen and oxygen atoms in total. The van der Waals surface area contributed by atoms with Gasteiger partial charge in [0.1, 0.15) is 5.65 Å². The number of nitrogens with one attached hydrogen (secondary N) is 1. The topological polar surface area (TPSA) is 32.6 Å². The minimum Gasteiger partial charge on any atom is -0.311 e. The number of piperidine rings is 2. The summed E-state index contributed by atoms with van der Waals surface area (Å²) in [6.45, 7) is 9.34. The molecule has 2 aliphatic heterocycles. The van der Waals surface area contributed by atoms with E-state index >= 15 is 0 Å². The summed E-state index contributed by atoms with van der Waals surface area (Å²) in [6, 6.07) is 13.2. The van der Waals surface area contributed by atoms with Gasteiger partial charge in [-0.15, -0.1) is 11.8 Å². The molecule has 0 spiro atoms. The molecular weight excluding hydrogens is 424 g/mol. The van der Waals surface area contributed by atoms with Gasteiger partial charge in [-0.1, -0.05) is 25.1 Å². The Morgan fingerprint density at radius 3 is 2.55 bits per heavy atom. The van der Waals surface area contributed by atoms with Gasteiger partial charge in [-0.2, -0.15) is 0 Å². The lowest BCUT2D eigenvalue weighted by Gasteiger charge is -2.43. The molecule has 33 heavy (non-hydrogen) atoms. The van der Waals surface area contributed by atoms with Gasteiger partial charge in [-0.25, -0.2) is 4.98 Å². The molecule has 1 aromatic carbocycles. The molecule has 5 rings (SSSR count). The number of aromatic nitrogens is 2. The maximum atomic E-state index is 4.96. The monoisotopic (exact) mass is 462 g/mol. The van der Waals surface area contributed by atoms with Gasteiger partial charge in [0.2, 0.25) is 0 Å². The zero-order valence-electron chi connectivity index (χ0n) is 20.6. The van der Waals surface area contributed by atoms with Gasteiger partial charge >= 0.3 is 0 Å². The highest BCUT2D eigenvalue weighted by molar-refractivity contribution is 7.98. The summed E-state index contributed by atoms with van der Waals surface area (Å²) < 4.78 is 2.26. The third-order valence-electron chi connectivity index (χ3n) is 7.85.